The first-order chi connectivity index (χ1) is 4.59. The van der Waals surface area contributed by atoms with Crippen molar-refractivity contribution in [2.24, 2.45) is 11.1 Å². The average molecular weight is 143 g/mol. The van der Waals surface area contributed by atoms with E-state index < -0.39 is 17.3 Å². The number of hydrogen-bond donors (Lipinski definition) is 2. The third kappa shape index (κ3) is 0.683. The standard InChI is InChI=1S/C6H9NO3/c7-4(8)6(5(9)10)2-1-3-6/h1-3H2,(H2,7,8)(H,9,10). The maximum atomic E-state index is 10.6. The Morgan fingerprint density at radius 2 is 1.90 bits per heavy atom. The van der Waals surface area contributed by atoms with Crippen LogP contribution in [0.1, 0.15) is 19.3 Å². The highest BCUT2D eigenvalue weighted by Crippen LogP contribution is 2.40. The predicted molar refractivity (Wildman–Crippen MR) is 33.1 cm³/mol. The smallest absolute Gasteiger partial charge is 0.319 e. The summed E-state index contributed by atoms with van der Waals surface area (Å²) in [6.45, 7) is 0. The lowest BCUT2D eigenvalue weighted by Crippen LogP contribution is -2.48. The molecule has 1 amide bonds. The van der Waals surface area contributed by atoms with Crippen LogP contribution in [0.15, 0.2) is 0 Å². The molecule has 0 aliphatic heterocycles. The van der Waals surface area contributed by atoms with Gasteiger partial charge in [-0.05, 0) is 12.8 Å². The van der Waals surface area contributed by atoms with Gasteiger partial charge in [-0.25, -0.2) is 0 Å². The fourth-order valence-corrected chi connectivity index (χ4v) is 1.10. The number of rotatable bonds is 2. The van der Waals surface area contributed by atoms with Crippen molar-refractivity contribution in [1.82, 2.24) is 0 Å². The van der Waals surface area contributed by atoms with Crippen LogP contribution in [0.25, 0.3) is 0 Å². The Bertz CT molecular complexity index is 167. The van der Waals surface area contributed by atoms with Crippen molar-refractivity contribution in [1.29, 1.82) is 0 Å². The molecule has 0 bridgehead atoms. The van der Waals surface area contributed by atoms with Gasteiger partial charge in [0.15, 0.2) is 0 Å². The number of nitrogens with two attached hydrogens (primary N) is 1. The van der Waals surface area contributed by atoms with Crippen molar-refractivity contribution < 1.29 is 14.7 Å². The van der Waals surface area contributed by atoms with Crippen LogP contribution >= 0.6 is 0 Å². The summed E-state index contributed by atoms with van der Waals surface area (Å²) in [7, 11) is 0. The van der Waals surface area contributed by atoms with Gasteiger partial charge in [-0.3, -0.25) is 9.59 Å². The maximum absolute atomic E-state index is 10.6. The van der Waals surface area contributed by atoms with Gasteiger partial charge < -0.3 is 10.8 Å². The van der Waals surface area contributed by atoms with E-state index in [-0.39, 0.29) is 0 Å². The predicted octanol–water partition coefficient (Wildman–Crippen LogP) is -0.273. The zero-order valence-corrected chi connectivity index (χ0v) is 5.46. The van der Waals surface area contributed by atoms with Crippen molar-refractivity contribution in [2.45, 2.75) is 19.3 Å². The lowest BCUT2D eigenvalue weighted by Gasteiger charge is -2.33. The Balaban J connectivity index is 2.78. The van der Waals surface area contributed by atoms with Crippen molar-refractivity contribution in [3.8, 4) is 0 Å². The van der Waals surface area contributed by atoms with Gasteiger partial charge in [0, 0.05) is 0 Å². The summed E-state index contributed by atoms with van der Waals surface area (Å²) in [5.41, 5.74) is 3.69. The van der Waals surface area contributed by atoms with Crippen LogP contribution in [0.2, 0.25) is 0 Å². The number of carbonyl (C=O) groups excluding carboxylic acids is 1. The number of carbonyl (C=O) groups is 2. The van der Waals surface area contributed by atoms with Crippen LogP contribution in [0.3, 0.4) is 0 Å². The van der Waals surface area contributed by atoms with Crippen LogP contribution in [0.4, 0.5) is 0 Å². The molecular weight excluding hydrogens is 134 g/mol. The summed E-state index contributed by atoms with van der Waals surface area (Å²) in [6.07, 6.45) is 1.59. The van der Waals surface area contributed by atoms with E-state index in [1.165, 1.54) is 0 Å². The third-order valence-electron chi connectivity index (χ3n) is 2.09. The highest BCUT2D eigenvalue weighted by molar-refractivity contribution is 6.01. The fraction of sp³-hybridized carbons (Fsp3) is 0.667. The summed E-state index contributed by atoms with van der Waals surface area (Å²) in [5.74, 6) is -1.78. The molecule has 0 atom stereocenters. The summed E-state index contributed by atoms with van der Waals surface area (Å²) >= 11 is 0. The van der Waals surface area contributed by atoms with Gasteiger partial charge in [0.25, 0.3) is 0 Å². The number of primary amides is 1. The molecule has 0 aromatic heterocycles. The van der Waals surface area contributed by atoms with E-state index >= 15 is 0 Å². The largest absolute Gasteiger partial charge is 0.480 e. The molecule has 0 aromatic carbocycles. The second kappa shape index (κ2) is 1.97. The van der Waals surface area contributed by atoms with Crippen LogP contribution in [-0.4, -0.2) is 17.0 Å². The Labute approximate surface area is 58.0 Å². The van der Waals surface area contributed by atoms with Crippen molar-refractivity contribution in [3.63, 3.8) is 0 Å². The van der Waals surface area contributed by atoms with E-state index in [0.29, 0.717) is 12.8 Å². The quantitative estimate of drug-likeness (QED) is 0.522. The Kier molecular flexibility index (Phi) is 1.39. The number of aliphatic carboxylic acids is 1. The van der Waals surface area contributed by atoms with E-state index in [0.717, 1.165) is 6.42 Å². The minimum absolute atomic E-state index is 0.400. The van der Waals surface area contributed by atoms with E-state index in [1.807, 2.05) is 0 Å². The summed E-state index contributed by atoms with van der Waals surface area (Å²) in [5, 5.41) is 8.55. The Morgan fingerprint density at radius 1 is 1.40 bits per heavy atom. The van der Waals surface area contributed by atoms with E-state index in [9.17, 15) is 9.59 Å². The molecular formula is C6H9NO3. The molecule has 1 fully saturated rings. The molecule has 56 valence electrons. The first kappa shape index (κ1) is 7.05. The van der Waals surface area contributed by atoms with Crippen molar-refractivity contribution in [3.05, 3.63) is 0 Å². The number of hydrogen-bond acceptors (Lipinski definition) is 2. The molecule has 1 aliphatic rings. The summed E-state index contributed by atoms with van der Waals surface area (Å²) in [4.78, 5) is 21.0. The molecule has 1 rings (SSSR count). The third-order valence-corrected chi connectivity index (χ3v) is 2.09. The SMILES string of the molecule is NC(=O)C1(C(=O)O)CCC1. The van der Waals surface area contributed by atoms with Gasteiger partial charge in [-0.2, -0.15) is 0 Å². The van der Waals surface area contributed by atoms with Crippen LogP contribution < -0.4 is 5.73 Å². The van der Waals surface area contributed by atoms with Crippen LogP contribution in [0.5, 0.6) is 0 Å². The topological polar surface area (TPSA) is 80.4 Å². The van der Waals surface area contributed by atoms with Gasteiger partial charge in [0.2, 0.25) is 5.91 Å². The van der Waals surface area contributed by atoms with Crippen molar-refractivity contribution >= 4 is 11.9 Å². The molecule has 10 heavy (non-hydrogen) atoms. The molecule has 0 radical (unpaired) electrons. The number of carboxylic acid groups (broad SMARTS) is 1. The highest BCUT2D eigenvalue weighted by Gasteiger charge is 2.49. The summed E-state index contributed by atoms with van der Waals surface area (Å²) < 4.78 is 0. The minimum Gasteiger partial charge on any atom is -0.480 e. The van der Waals surface area contributed by atoms with Gasteiger partial charge in [0.05, 0.1) is 0 Å². The molecule has 3 N–H and O–H groups in total. The molecule has 1 aliphatic carbocycles. The van der Waals surface area contributed by atoms with E-state index in [1.54, 1.807) is 0 Å². The molecule has 0 aromatic rings. The highest BCUT2D eigenvalue weighted by atomic mass is 16.4. The van der Waals surface area contributed by atoms with Crippen LogP contribution in [0, 0.1) is 5.41 Å². The van der Waals surface area contributed by atoms with Crippen LogP contribution in [-0.2, 0) is 9.59 Å². The summed E-state index contributed by atoms with van der Waals surface area (Å²) in [6, 6.07) is 0. The molecule has 0 heterocycles. The van der Waals surface area contributed by atoms with Gasteiger partial charge in [-0.1, -0.05) is 6.42 Å². The molecule has 4 heteroatoms. The lowest BCUT2D eigenvalue weighted by molar-refractivity contribution is -0.160. The normalized spacial score (nSPS) is 21.2. The first-order valence-corrected chi connectivity index (χ1v) is 3.13. The molecule has 4 nitrogen and oxygen atoms in total. The molecule has 0 spiro atoms. The Morgan fingerprint density at radius 3 is 1.90 bits per heavy atom. The number of amides is 1. The second-order valence-electron chi connectivity index (χ2n) is 2.61. The lowest BCUT2D eigenvalue weighted by atomic mass is 9.68. The van der Waals surface area contributed by atoms with Gasteiger partial charge in [-0.15, -0.1) is 0 Å². The molecule has 0 unspecified atom stereocenters. The number of carboxylic acids is 1. The molecule has 1 saturated carbocycles. The zero-order chi connectivity index (χ0) is 7.78. The van der Waals surface area contributed by atoms with E-state index in [4.69, 9.17) is 10.8 Å². The fourth-order valence-electron chi connectivity index (χ4n) is 1.10. The zero-order valence-electron chi connectivity index (χ0n) is 5.46. The van der Waals surface area contributed by atoms with Gasteiger partial charge >= 0.3 is 5.97 Å². The minimum atomic E-state index is -1.22. The van der Waals surface area contributed by atoms with Crippen molar-refractivity contribution in [2.75, 3.05) is 0 Å². The monoisotopic (exact) mass is 143 g/mol. The molecule has 0 saturated heterocycles. The second-order valence-corrected chi connectivity index (χ2v) is 2.61. The average Bonchev–Trinajstić information content (AvgIpc) is 1.57. The van der Waals surface area contributed by atoms with E-state index in [2.05, 4.69) is 0 Å². The maximum Gasteiger partial charge on any atom is 0.319 e. The Hall–Kier alpha value is -1.06. The first-order valence-electron chi connectivity index (χ1n) is 3.13. The van der Waals surface area contributed by atoms with Gasteiger partial charge in [0.1, 0.15) is 5.41 Å².